The van der Waals surface area contributed by atoms with Gasteiger partial charge in [-0.3, -0.25) is 0 Å². The molecule has 1 aliphatic rings. The zero-order valence-electron chi connectivity index (χ0n) is 10.5. The molecule has 1 heterocycles. The van der Waals surface area contributed by atoms with Gasteiger partial charge in [0.15, 0.2) is 0 Å². The monoisotopic (exact) mass is 218 g/mol. The lowest BCUT2D eigenvalue weighted by Crippen LogP contribution is -2.34. The van der Waals surface area contributed by atoms with Crippen LogP contribution < -0.4 is 5.32 Å². The van der Waals surface area contributed by atoms with Crippen LogP contribution in [-0.2, 0) is 0 Å². The first-order chi connectivity index (χ1) is 7.72. The van der Waals surface area contributed by atoms with E-state index in [1.165, 1.54) is 11.3 Å². The minimum Gasteiger partial charge on any atom is -0.384 e. The fourth-order valence-corrected chi connectivity index (χ4v) is 2.51. The Hall–Kier alpha value is -1.02. The van der Waals surface area contributed by atoms with Crippen LogP contribution in [0, 0.1) is 0 Å². The van der Waals surface area contributed by atoms with Crippen LogP contribution in [0.4, 0.5) is 5.69 Å². The molecule has 0 bridgehead atoms. The molecule has 1 unspecified atom stereocenters. The van der Waals surface area contributed by atoms with E-state index in [1.54, 1.807) is 0 Å². The van der Waals surface area contributed by atoms with Crippen molar-refractivity contribution in [3.05, 3.63) is 29.8 Å². The highest BCUT2D eigenvalue weighted by molar-refractivity contribution is 5.57. The van der Waals surface area contributed by atoms with Crippen LogP contribution in [0.2, 0.25) is 0 Å². The predicted octanol–water partition coefficient (Wildman–Crippen LogP) is 2.93. The smallest absolute Gasteiger partial charge is 0.0376 e. The number of benzene rings is 1. The molecule has 2 nitrogen and oxygen atoms in total. The van der Waals surface area contributed by atoms with E-state index in [2.05, 4.69) is 55.3 Å². The first-order valence-corrected chi connectivity index (χ1v) is 6.29. The highest BCUT2D eigenvalue weighted by Gasteiger charge is 2.23. The van der Waals surface area contributed by atoms with Gasteiger partial charge in [0.25, 0.3) is 0 Å². The molecule has 1 atom stereocenters. The number of likely N-dealkylation sites (N-methyl/N-ethyl adjacent to an activating group) is 1. The van der Waals surface area contributed by atoms with Crippen molar-refractivity contribution in [3.63, 3.8) is 0 Å². The van der Waals surface area contributed by atoms with Gasteiger partial charge in [0.05, 0.1) is 0 Å². The van der Waals surface area contributed by atoms with Gasteiger partial charge >= 0.3 is 0 Å². The third-order valence-electron chi connectivity index (χ3n) is 3.53. The molecule has 0 aromatic heterocycles. The Morgan fingerprint density at radius 2 is 2.12 bits per heavy atom. The summed E-state index contributed by atoms with van der Waals surface area (Å²) in [5.74, 6) is 0.651. The number of nitrogens with one attached hydrogen (secondary N) is 1. The molecule has 0 aliphatic carbocycles. The highest BCUT2D eigenvalue weighted by Crippen LogP contribution is 2.31. The molecule has 1 aliphatic heterocycles. The zero-order valence-corrected chi connectivity index (χ0v) is 10.5. The number of fused-ring (bicyclic) bond motifs is 1. The van der Waals surface area contributed by atoms with Gasteiger partial charge in [-0.25, -0.2) is 0 Å². The number of anilines is 1. The second-order valence-corrected chi connectivity index (χ2v) is 4.85. The summed E-state index contributed by atoms with van der Waals surface area (Å²) in [5, 5.41) is 3.49. The fraction of sp³-hybridized carbons (Fsp3) is 0.571. The topological polar surface area (TPSA) is 15.3 Å². The largest absolute Gasteiger partial charge is 0.384 e. The van der Waals surface area contributed by atoms with Crippen LogP contribution in [0.3, 0.4) is 0 Å². The van der Waals surface area contributed by atoms with Crippen LogP contribution in [-0.4, -0.2) is 30.6 Å². The lowest BCUT2D eigenvalue weighted by molar-refractivity contribution is 0.222. The molecule has 0 saturated carbocycles. The van der Waals surface area contributed by atoms with Gasteiger partial charge in [0, 0.05) is 30.7 Å². The van der Waals surface area contributed by atoms with Crippen molar-refractivity contribution in [3.8, 4) is 0 Å². The molecule has 0 radical (unpaired) electrons. The maximum Gasteiger partial charge on any atom is 0.0376 e. The predicted molar refractivity (Wildman–Crippen MR) is 70.1 cm³/mol. The van der Waals surface area contributed by atoms with Crippen molar-refractivity contribution in [1.82, 2.24) is 4.90 Å². The maximum absolute atomic E-state index is 3.49. The molecular weight excluding hydrogens is 196 g/mol. The second kappa shape index (κ2) is 4.88. The Morgan fingerprint density at radius 1 is 1.38 bits per heavy atom. The van der Waals surface area contributed by atoms with E-state index in [4.69, 9.17) is 0 Å². The Bertz CT molecular complexity index is 346. The highest BCUT2D eigenvalue weighted by atomic mass is 15.1. The Kier molecular flexibility index (Phi) is 3.49. The van der Waals surface area contributed by atoms with Crippen LogP contribution in [0.15, 0.2) is 24.3 Å². The molecule has 0 spiro atoms. The van der Waals surface area contributed by atoms with E-state index in [1.807, 2.05) is 0 Å². The van der Waals surface area contributed by atoms with Crippen LogP contribution in [0.5, 0.6) is 0 Å². The van der Waals surface area contributed by atoms with Crippen molar-refractivity contribution in [2.75, 3.05) is 25.0 Å². The minimum absolute atomic E-state index is 0.637. The lowest BCUT2D eigenvalue weighted by Gasteiger charge is -2.27. The summed E-state index contributed by atoms with van der Waals surface area (Å²) in [5.41, 5.74) is 2.81. The Morgan fingerprint density at radius 3 is 2.81 bits per heavy atom. The van der Waals surface area contributed by atoms with E-state index in [-0.39, 0.29) is 0 Å². The van der Waals surface area contributed by atoms with E-state index < -0.39 is 0 Å². The quantitative estimate of drug-likeness (QED) is 0.836. The van der Waals surface area contributed by atoms with Gasteiger partial charge in [-0.2, -0.15) is 0 Å². The number of para-hydroxylation sites is 1. The normalized spacial score (nSPS) is 18.9. The van der Waals surface area contributed by atoms with Crippen molar-refractivity contribution >= 4 is 5.69 Å². The molecule has 2 rings (SSSR count). The molecule has 1 N–H and O–H groups in total. The summed E-state index contributed by atoms with van der Waals surface area (Å²) in [4.78, 5) is 2.54. The molecule has 0 fully saturated rings. The summed E-state index contributed by atoms with van der Waals surface area (Å²) in [6.07, 6.45) is 0. The fourth-order valence-electron chi connectivity index (χ4n) is 2.51. The lowest BCUT2D eigenvalue weighted by atomic mass is 10.0. The van der Waals surface area contributed by atoms with Crippen molar-refractivity contribution in [1.29, 1.82) is 0 Å². The van der Waals surface area contributed by atoms with Gasteiger partial charge in [-0.05, 0) is 32.0 Å². The van der Waals surface area contributed by atoms with E-state index >= 15 is 0 Å². The number of hydrogen-bond donors (Lipinski definition) is 1. The van der Waals surface area contributed by atoms with Crippen molar-refractivity contribution < 1.29 is 0 Å². The molecule has 1 aromatic rings. The third kappa shape index (κ3) is 2.22. The SMILES string of the molecule is CCN(CC1CNc2ccccc21)C(C)C. The standard InChI is InChI=1S/C14H22N2/c1-4-16(11(2)3)10-12-9-15-14-8-6-5-7-13(12)14/h5-8,11-12,15H,4,9-10H2,1-3H3. The van der Waals surface area contributed by atoms with Gasteiger partial charge in [-0.15, -0.1) is 0 Å². The molecule has 0 saturated heterocycles. The van der Waals surface area contributed by atoms with Gasteiger partial charge in [0.1, 0.15) is 0 Å². The van der Waals surface area contributed by atoms with Crippen molar-refractivity contribution in [2.45, 2.75) is 32.7 Å². The average molecular weight is 218 g/mol. The van der Waals surface area contributed by atoms with Crippen LogP contribution in [0.1, 0.15) is 32.3 Å². The summed E-state index contributed by atoms with van der Waals surface area (Å²) < 4.78 is 0. The Balaban J connectivity index is 2.08. The first-order valence-electron chi connectivity index (χ1n) is 6.29. The van der Waals surface area contributed by atoms with E-state index in [0.29, 0.717) is 12.0 Å². The number of nitrogens with zero attached hydrogens (tertiary/aromatic N) is 1. The summed E-state index contributed by atoms with van der Waals surface area (Å²) in [7, 11) is 0. The van der Waals surface area contributed by atoms with E-state index in [9.17, 15) is 0 Å². The molecule has 2 heteroatoms. The van der Waals surface area contributed by atoms with Crippen LogP contribution in [0.25, 0.3) is 0 Å². The summed E-state index contributed by atoms with van der Waals surface area (Å²) in [6.45, 7) is 10.2. The van der Waals surface area contributed by atoms with Crippen molar-refractivity contribution in [2.24, 2.45) is 0 Å². The zero-order chi connectivity index (χ0) is 11.5. The molecule has 1 aromatic carbocycles. The molecular formula is C14H22N2. The molecule has 16 heavy (non-hydrogen) atoms. The van der Waals surface area contributed by atoms with Crippen LogP contribution >= 0.6 is 0 Å². The van der Waals surface area contributed by atoms with Gasteiger partial charge in [-0.1, -0.05) is 25.1 Å². The second-order valence-electron chi connectivity index (χ2n) is 4.85. The minimum atomic E-state index is 0.637. The van der Waals surface area contributed by atoms with Gasteiger partial charge < -0.3 is 10.2 Å². The number of rotatable bonds is 4. The summed E-state index contributed by atoms with van der Waals surface area (Å²) >= 11 is 0. The molecule has 88 valence electrons. The maximum atomic E-state index is 3.49. The van der Waals surface area contributed by atoms with Gasteiger partial charge in [0.2, 0.25) is 0 Å². The average Bonchev–Trinajstić information content (AvgIpc) is 2.69. The molecule has 0 amide bonds. The summed E-state index contributed by atoms with van der Waals surface area (Å²) in [6, 6.07) is 9.33. The number of hydrogen-bond acceptors (Lipinski definition) is 2. The van der Waals surface area contributed by atoms with E-state index in [0.717, 1.165) is 19.6 Å². The first kappa shape index (κ1) is 11.5. The third-order valence-corrected chi connectivity index (χ3v) is 3.53. The Labute approximate surface area is 98.7 Å².